The maximum atomic E-state index is 14.6. The quantitative estimate of drug-likeness (QED) is 0.361. The number of ether oxygens (including phenoxy) is 5. The standard InChI is InChI=1S/C29H35F2N5O6/c1-29(2,3)42-28(37)36-11-9-35(10-12-36)21-8-7-18(13-22(21)38-4)34-27-32-15-19(16-33-27)41-17-20-25(30)23(39-5)14-24(40-6)26(20)31/h7-8,13-16H,9-12,17H2,1-6H3,(H,32,33,34). The maximum Gasteiger partial charge on any atom is 0.410 e. The molecule has 226 valence electrons. The van der Waals surface area contributed by atoms with Crippen LogP contribution in [0.1, 0.15) is 26.3 Å². The SMILES string of the molecule is COc1cc(Nc2ncc(OCc3c(F)c(OC)cc(OC)c3F)cn2)ccc1N1CCN(C(=O)OC(C)(C)C)CC1. The van der Waals surface area contributed by atoms with E-state index in [0.717, 1.165) is 11.8 Å². The third-order valence-corrected chi connectivity index (χ3v) is 6.38. The largest absolute Gasteiger partial charge is 0.495 e. The van der Waals surface area contributed by atoms with Gasteiger partial charge < -0.3 is 38.8 Å². The highest BCUT2D eigenvalue weighted by Crippen LogP contribution is 2.34. The highest BCUT2D eigenvalue weighted by atomic mass is 19.1. The van der Waals surface area contributed by atoms with Crippen LogP contribution < -0.4 is 29.2 Å². The molecule has 4 rings (SSSR count). The van der Waals surface area contributed by atoms with Gasteiger partial charge in [0.1, 0.15) is 18.0 Å². The Labute approximate surface area is 243 Å². The number of amides is 1. The van der Waals surface area contributed by atoms with E-state index in [2.05, 4.69) is 20.2 Å². The molecule has 2 aromatic carbocycles. The lowest BCUT2D eigenvalue weighted by atomic mass is 10.1. The van der Waals surface area contributed by atoms with Crippen molar-refractivity contribution in [1.29, 1.82) is 0 Å². The molecule has 2 heterocycles. The summed E-state index contributed by atoms with van der Waals surface area (Å²) >= 11 is 0. The molecular formula is C29H35F2N5O6. The topological polar surface area (TPSA) is 108 Å². The molecule has 0 radical (unpaired) electrons. The van der Waals surface area contributed by atoms with Gasteiger partial charge in [0, 0.05) is 44.0 Å². The summed E-state index contributed by atoms with van der Waals surface area (Å²) in [7, 11) is 4.14. The van der Waals surface area contributed by atoms with E-state index in [0.29, 0.717) is 37.6 Å². The number of piperazine rings is 1. The number of carbonyl (C=O) groups excluding carboxylic acids is 1. The molecule has 0 bridgehead atoms. The average Bonchev–Trinajstić information content (AvgIpc) is 2.97. The van der Waals surface area contributed by atoms with Gasteiger partial charge in [-0.2, -0.15) is 0 Å². The minimum Gasteiger partial charge on any atom is -0.495 e. The first-order valence-corrected chi connectivity index (χ1v) is 13.2. The summed E-state index contributed by atoms with van der Waals surface area (Å²) in [4.78, 5) is 24.7. The molecule has 1 amide bonds. The van der Waals surface area contributed by atoms with E-state index in [9.17, 15) is 13.6 Å². The van der Waals surface area contributed by atoms with Gasteiger partial charge in [-0.3, -0.25) is 0 Å². The van der Waals surface area contributed by atoms with Crippen molar-refractivity contribution in [1.82, 2.24) is 14.9 Å². The van der Waals surface area contributed by atoms with E-state index < -0.39 is 23.8 Å². The second kappa shape index (κ2) is 13.0. The fourth-order valence-corrected chi connectivity index (χ4v) is 4.28. The van der Waals surface area contributed by atoms with Crippen LogP contribution in [0.2, 0.25) is 0 Å². The van der Waals surface area contributed by atoms with E-state index in [1.807, 2.05) is 39.0 Å². The molecule has 1 saturated heterocycles. The first kappa shape index (κ1) is 30.4. The van der Waals surface area contributed by atoms with Gasteiger partial charge in [0.15, 0.2) is 28.9 Å². The first-order valence-electron chi connectivity index (χ1n) is 13.2. The van der Waals surface area contributed by atoms with Crippen LogP contribution in [0.4, 0.5) is 30.9 Å². The van der Waals surface area contributed by atoms with Gasteiger partial charge in [-0.15, -0.1) is 0 Å². The lowest BCUT2D eigenvalue weighted by Crippen LogP contribution is -2.50. The molecule has 1 aliphatic rings. The van der Waals surface area contributed by atoms with Gasteiger partial charge in [0.05, 0.1) is 45.0 Å². The number of rotatable bonds is 9. The number of halogens is 2. The van der Waals surface area contributed by atoms with Crippen LogP contribution in [-0.4, -0.2) is 74.1 Å². The minimum atomic E-state index is -0.877. The number of hydrogen-bond acceptors (Lipinski definition) is 10. The monoisotopic (exact) mass is 587 g/mol. The molecule has 1 fully saturated rings. The summed E-state index contributed by atoms with van der Waals surface area (Å²) in [5.41, 5.74) is 0.697. The molecule has 0 atom stereocenters. The lowest BCUT2D eigenvalue weighted by molar-refractivity contribution is 0.0240. The molecule has 1 aromatic heterocycles. The zero-order chi connectivity index (χ0) is 30.4. The summed E-state index contributed by atoms with van der Waals surface area (Å²) in [6, 6.07) is 6.75. The van der Waals surface area contributed by atoms with Crippen molar-refractivity contribution in [2.45, 2.75) is 33.0 Å². The number of carbonyl (C=O) groups is 1. The normalized spacial score (nSPS) is 13.4. The Morgan fingerprint density at radius 1 is 0.905 bits per heavy atom. The smallest absolute Gasteiger partial charge is 0.410 e. The van der Waals surface area contributed by atoms with Crippen molar-refractivity contribution in [2.75, 3.05) is 57.7 Å². The molecule has 11 nitrogen and oxygen atoms in total. The number of benzene rings is 2. The first-order chi connectivity index (χ1) is 20.0. The Bertz CT molecular complexity index is 1360. The minimum absolute atomic E-state index is 0.160. The van der Waals surface area contributed by atoms with Crippen molar-refractivity contribution in [2.24, 2.45) is 0 Å². The van der Waals surface area contributed by atoms with Gasteiger partial charge in [-0.25, -0.2) is 23.5 Å². The Balaban J connectivity index is 1.37. The number of anilines is 3. The van der Waals surface area contributed by atoms with E-state index >= 15 is 0 Å². The number of aromatic nitrogens is 2. The summed E-state index contributed by atoms with van der Waals surface area (Å²) in [5, 5.41) is 3.10. The summed E-state index contributed by atoms with van der Waals surface area (Å²) in [5.74, 6) is -0.944. The molecule has 0 spiro atoms. The Kier molecular flexibility index (Phi) is 9.38. The fourth-order valence-electron chi connectivity index (χ4n) is 4.28. The van der Waals surface area contributed by atoms with Crippen LogP contribution in [0, 0.1) is 11.6 Å². The van der Waals surface area contributed by atoms with Crippen molar-refractivity contribution in [3.8, 4) is 23.0 Å². The average molecular weight is 588 g/mol. The predicted octanol–water partition coefficient (Wildman–Crippen LogP) is 5.16. The van der Waals surface area contributed by atoms with Crippen molar-refractivity contribution in [3.63, 3.8) is 0 Å². The Hall–Kier alpha value is -4.55. The summed E-state index contributed by atoms with van der Waals surface area (Å²) in [6.07, 6.45) is 2.46. The summed E-state index contributed by atoms with van der Waals surface area (Å²) in [6.45, 7) is 7.44. The highest BCUT2D eigenvalue weighted by Gasteiger charge is 2.27. The third kappa shape index (κ3) is 7.20. The molecule has 1 aliphatic heterocycles. The maximum absolute atomic E-state index is 14.6. The van der Waals surface area contributed by atoms with Crippen LogP contribution in [0.15, 0.2) is 36.7 Å². The van der Waals surface area contributed by atoms with E-state index in [1.165, 1.54) is 26.6 Å². The second-order valence-corrected chi connectivity index (χ2v) is 10.4. The number of hydrogen-bond donors (Lipinski definition) is 1. The van der Waals surface area contributed by atoms with Gasteiger partial charge >= 0.3 is 6.09 Å². The number of nitrogens with one attached hydrogen (secondary N) is 1. The molecule has 3 aromatic rings. The highest BCUT2D eigenvalue weighted by molar-refractivity contribution is 5.70. The second-order valence-electron chi connectivity index (χ2n) is 10.4. The predicted molar refractivity (Wildman–Crippen MR) is 152 cm³/mol. The molecule has 0 unspecified atom stereocenters. The fraction of sp³-hybridized carbons (Fsp3) is 0.414. The van der Waals surface area contributed by atoms with Crippen LogP contribution in [0.25, 0.3) is 0 Å². The summed E-state index contributed by atoms with van der Waals surface area (Å²) < 4.78 is 55.7. The van der Waals surface area contributed by atoms with E-state index in [-0.39, 0.29) is 34.9 Å². The van der Waals surface area contributed by atoms with Crippen LogP contribution in [-0.2, 0) is 11.3 Å². The number of nitrogens with zero attached hydrogens (tertiary/aromatic N) is 4. The van der Waals surface area contributed by atoms with Gasteiger partial charge in [-0.05, 0) is 32.9 Å². The molecule has 13 heteroatoms. The third-order valence-electron chi connectivity index (χ3n) is 6.38. The van der Waals surface area contributed by atoms with Crippen LogP contribution >= 0.6 is 0 Å². The number of methoxy groups -OCH3 is 3. The van der Waals surface area contributed by atoms with E-state index in [1.54, 1.807) is 12.0 Å². The van der Waals surface area contributed by atoms with Crippen molar-refractivity contribution in [3.05, 3.63) is 53.9 Å². The molecular weight excluding hydrogens is 552 g/mol. The lowest BCUT2D eigenvalue weighted by Gasteiger charge is -2.37. The van der Waals surface area contributed by atoms with E-state index in [4.69, 9.17) is 23.7 Å². The van der Waals surface area contributed by atoms with Gasteiger partial charge in [-0.1, -0.05) is 0 Å². The zero-order valence-corrected chi connectivity index (χ0v) is 24.5. The van der Waals surface area contributed by atoms with Crippen molar-refractivity contribution < 1.29 is 37.3 Å². The molecule has 1 N–H and O–H groups in total. The molecule has 42 heavy (non-hydrogen) atoms. The van der Waals surface area contributed by atoms with Gasteiger partial charge in [0.25, 0.3) is 0 Å². The van der Waals surface area contributed by atoms with Crippen LogP contribution in [0.3, 0.4) is 0 Å². The Morgan fingerprint density at radius 2 is 1.50 bits per heavy atom. The molecule has 0 aliphatic carbocycles. The molecule has 0 saturated carbocycles. The van der Waals surface area contributed by atoms with Crippen molar-refractivity contribution >= 4 is 23.4 Å². The Morgan fingerprint density at radius 3 is 2.05 bits per heavy atom. The van der Waals surface area contributed by atoms with Crippen LogP contribution in [0.5, 0.6) is 23.0 Å². The van der Waals surface area contributed by atoms with Gasteiger partial charge in [0.2, 0.25) is 5.95 Å². The zero-order valence-electron chi connectivity index (χ0n) is 24.5.